The fourth-order valence-corrected chi connectivity index (χ4v) is 3.45. The molecule has 1 aliphatic rings. The summed E-state index contributed by atoms with van der Waals surface area (Å²) in [5.41, 5.74) is 1.15. The topological polar surface area (TPSA) is 56.8 Å². The fourth-order valence-electron chi connectivity index (χ4n) is 3.45. The van der Waals surface area contributed by atoms with E-state index in [0.29, 0.717) is 31.3 Å². The number of carbonyl (C=O) groups is 1. The molecule has 1 atom stereocenters. The van der Waals surface area contributed by atoms with E-state index in [1.54, 1.807) is 20.1 Å². The van der Waals surface area contributed by atoms with Crippen molar-refractivity contribution < 1.29 is 19.0 Å². The summed E-state index contributed by atoms with van der Waals surface area (Å²) in [4.78, 5) is 12.6. The number of hydrogen-bond acceptors (Lipinski definition) is 4. The maximum Gasteiger partial charge on any atom is 0.260 e. The summed E-state index contributed by atoms with van der Waals surface area (Å²) in [5, 5.41) is 3.09. The number of hydrogen-bond donors (Lipinski definition) is 1. The number of ether oxygens (including phenoxy) is 3. The first-order valence-corrected chi connectivity index (χ1v) is 9.35. The van der Waals surface area contributed by atoms with Gasteiger partial charge in [0.1, 0.15) is 11.5 Å². The maximum atomic E-state index is 12.6. The lowest BCUT2D eigenvalue weighted by Crippen LogP contribution is -2.47. The van der Waals surface area contributed by atoms with E-state index >= 15 is 0 Å². The average molecular weight is 369 g/mol. The molecule has 1 aliphatic heterocycles. The first-order valence-electron chi connectivity index (χ1n) is 9.35. The second kappa shape index (κ2) is 8.91. The van der Waals surface area contributed by atoms with Crippen LogP contribution in [0.25, 0.3) is 0 Å². The predicted octanol–water partition coefficient (Wildman–Crippen LogP) is 3.33. The van der Waals surface area contributed by atoms with E-state index in [0.717, 1.165) is 12.8 Å². The van der Waals surface area contributed by atoms with Crippen molar-refractivity contribution in [3.05, 3.63) is 60.2 Å². The van der Waals surface area contributed by atoms with Gasteiger partial charge in [-0.15, -0.1) is 0 Å². The van der Waals surface area contributed by atoms with Crippen LogP contribution < -0.4 is 14.8 Å². The maximum absolute atomic E-state index is 12.6. The zero-order chi connectivity index (χ0) is 19.1. The van der Waals surface area contributed by atoms with Gasteiger partial charge >= 0.3 is 0 Å². The summed E-state index contributed by atoms with van der Waals surface area (Å²) in [7, 11) is 1.60. The molecular formula is C22H27NO4. The number of amides is 1. The molecule has 0 aliphatic carbocycles. The Hall–Kier alpha value is -2.53. The van der Waals surface area contributed by atoms with Gasteiger partial charge in [-0.1, -0.05) is 36.4 Å². The van der Waals surface area contributed by atoms with Crippen LogP contribution in [0, 0.1) is 0 Å². The average Bonchev–Trinajstić information content (AvgIpc) is 2.73. The number of benzene rings is 2. The third kappa shape index (κ3) is 4.80. The molecule has 1 fully saturated rings. The number of carbonyl (C=O) groups excluding carboxylic acids is 1. The first kappa shape index (κ1) is 19.2. The van der Waals surface area contributed by atoms with Crippen LogP contribution >= 0.6 is 0 Å². The molecule has 2 aromatic carbocycles. The van der Waals surface area contributed by atoms with Crippen molar-refractivity contribution in [1.82, 2.24) is 5.32 Å². The highest BCUT2D eigenvalue weighted by Crippen LogP contribution is 2.34. The molecular weight excluding hydrogens is 342 g/mol. The number of nitrogens with one attached hydrogen (secondary N) is 1. The van der Waals surface area contributed by atoms with Gasteiger partial charge in [-0.05, 0) is 37.5 Å². The summed E-state index contributed by atoms with van der Waals surface area (Å²) < 4.78 is 16.5. The molecule has 1 heterocycles. The van der Waals surface area contributed by atoms with Gasteiger partial charge in [0.2, 0.25) is 0 Å². The third-order valence-corrected chi connectivity index (χ3v) is 5.16. The Morgan fingerprint density at radius 1 is 1.11 bits per heavy atom. The Morgan fingerprint density at radius 2 is 1.81 bits per heavy atom. The lowest BCUT2D eigenvalue weighted by atomic mass is 9.74. The molecule has 144 valence electrons. The smallest absolute Gasteiger partial charge is 0.260 e. The van der Waals surface area contributed by atoms with Gasteiger partial charge in [-0.3, -0.25) is 4.79 Å². The molecule has 5 nitrogen and oxygen atoms in total. The Balaban J connectivity index is 1.63. The van der Waals surface area contributed by atoms with Crippen LogP contribution in [0.1, 0.15) is 25.3 Å². The van der Waals surface area contributed by atoms with Crippen molar-refractivity contribution in [2.24, 2.45) is 0 Å². The molecule has 0 aromatic heterocycles. The van der Waals surface area contributed by atoms with Gasteiger partial charge in [-0.25, -0.2) is 0 Å². The van der Waals surface area contributed by atoms with E-state index in [1.165, 1.54) is 5.56 Å². The van der Waals surface area contributed by atoms with Crippen LogP contribution in [0.2, 0.25) is 0 Å². The second-order valence-corrected chi connectivity index (χ2v) is 6.92. The molecule has 2 aromatic rings. The Labute approximate surface area is 160 Å². The van der Waals surface area contributed by atoms with Gasteiger partial charge in [0.05, 0.1) is 7.11 Å². The molecule has 1 saturated heterocycles. The van der Waals surface area contributed by atoms with E-state index in [-0.39, 0.29) is 11.3 Å². The Bertz CT molecular complexity index is 741. The van der Waals surface area contributed by atoms with Crippen molar-refractivity contribution >= 4 is 5.91 Å². The minimum Gasteiger partial charge on any atom is -0.497 e. The first-order chi connectivity index (χ1) is 13.1. The zero-order valence-electron chi connectivity index (χ0n) is 15.9. The zero-order valence-corrected chi connectivity index (χ0v) is 15.9. The summed E-state index contributed by atoms with van der Waals surface area (Å²) in [5.74, 6) is 1.19. The highest BCUT2D eigenvalue weighted by Gasteiger charge is 2.35. The van der Waals surface area contributed by atoms with E-state index in [4.69, 9.17) is 14.2 Å². The summed E-state index contributed by atoms with van der Waals surface area (Å²) >= 11 is 0. The molecule has 5 heteroatoms. The quantitative estimate of drug-likeness (QED) is 0.813. The fraction of sp³-hybridized carbons (Fsp3) is 0.409. The molecule has 1 N–H and O–H groups in total. The molecule has 0 bridgehead atoms. The van der Waals surface area contributed by atoms with Crippen molar-refractivity contribution in [1.29, 1.82) is 0 Å². The minimum atomic E-state index is -0.593. The van der Waals surface area contributed by atoms with Crippen LogP contribution in [0.15, 0.2) is 54.6 Å². The minimum absolute atomic E-state index is 0.0924. The van der Waals surface area contributed by atoms with Crippen LogP contribution in [0.4, 0.5) is 0 Å². The highest BCUT2D eigenvalue weighted by atomic mass is 16.5. The van der Waals surface area contributed by atoms with E-state index < -0.39 is 6.10 Å². The number of methoxy groups -OCH3 is 1. The normalized spacial score (nSPS) is 17.0. The van der Waals surface area contributed by atoms with E-state index in [2.05, 4.69) is 17.4 Å². The van der Waals surface area contributed by atoms with E-state index in [9.17, 15) is 4.79 Å². The summed E-state index contributed by atoms with van der Waals surface area (Å²) in [6, 6.07) is 17.6. The lowest BCUT2D eigenvalue weighted by Gasteiger charge is -2.38. The second-order valence-electron chi connectivity index (χ2n) is 6.92. The van der Waals surface area contributed by atoms with E-state index in [1.807, 2.05) is 36.4 Å². The Kier molecular flexibility index (Phi) is 6.35. The third-order valence-electron chi connectivity index (χ3n) is 5.16. The van der Waals surface area contributed by atoms with Crippen molar-refractivity contribution in [2.75, 3.05) is 26.9 Å². The van der Waals surface area contributed by atoms with Crippen molar-refractivity contribution in [2.45, 2.75) is 31.3 Å². The molecule has 3 rings (SSSR count). The molecule has 27 heavy (non-hydrogen) atoms. The monoisotopic (exact) mass is 369 g/mol. The largest absolute Gasteiger partial charge is 0.497 e. The molecule has 0 spiro atoms. The van der Waals surface area contributed by atoms with Gasteiger partial charge < -0.3 is 19.5 Å². The summed E-state index contributed by atoms with van der Waals surface area (Å²) in [6.07, 6.45) is 1.19. The number of rotatable bonds is 7. The molecule has 0 saturated carbocycles. The van der Waals surface area contributed by atoms with Crippen LogP contribution in [0.3, 0.4) is 0 Å². The molecule has 0 radical (unpaired) electrons. The standard InChI is InChI=1S/C22H27NO4/c1-17(27-20-10-6-9-19(15-20)25-2)21(24)23-16-22(11-13-26-14-12-22)18-7-4-3-5-8-18/h3-10,15,17H,11-14,16H2,1-2H3,(H,23,24)/t17-/m1/s1. The van der Waals surface area contributed by atoms with Gasteiger partial charge in [0.25, 0.3) is 5.91 Å². The van der Waals surface area contributed by atoms with Gasteiger partial charge in [-0.2, -0.15) is 0 Å². The van der Waals surface area contributed by atoms with Crippen LogP contribution in [0.5, 0.6) is 11.5 Å². The molecule has 1 amide bonds. The Morgan fingerprint density at radius 3 is 2.52 bits per heavy atom. The lowest BCUT2D eigenvalue weighted by molar-refractivity contribution is -0.127. The van der Waals surface area contributed by atoms with Gasteiger partial charge in [0, 0.05) is 31.2 Å². The van der Waals surface area contributed by atoms with Gasteiger partial charge in [0.15, 0.2) is 6.10 Å². The predicted molar refractivity (Wildman–Crippen MR) is 104 cm³/mol. The SMILES string of the molecule is COc1cccc(O[C@H](C)C(=O)NCC2(c3ccccc3)CCOCC2)c1. The molecule has 0 unspecified atom stereocenters. The van der Waals surface area contributed by atoms with Crippen molar-refractivity contribution in [3.63, 3.8) is 0 Å². The summed E-state index contributed by atoms with van der Waals surface area (Å²) in [6.45, 7) is 3.75. The van der Waals surface area contributed by atoms with Crippen molar-refractivity contribution in [3.8, 4) is 11.5 Å². The van der Waals surface area contributed by atoms with Crippen LogP contribution in [-0.2, 0) is 14.9 Å². The highest BCUT2D eigenvalue weighted by molar-refractivity contribution is 5.80. The van der Waals surface area contributed by atoms with Crippen LogP contribution in [-0.4, -0.2) is 38.9 Å².